The summed E-state index contributed by atoms with van der Waals surface area (Å²) in [6, 6.07) is 11.9. The Hall–Kier alpha value is -2.82. The van der Waals surface area contributed by atoms with Crippen LogP contribution in [0.5, 0.6) is 5.75 Å². The smallest absolute Gasteiger partial charge is 0.249 e. The third kappa shape index (κ3) is 3.09. The number of nitrogens with two attached hydrogens (primary N) is 2. The van der Waals surface area contributed by atoms with Gasteiger partial charge in [0.05, 0.1) is 6.61 Å². The monoisotopic (exact) mass is 298 g/mol. The topological polar surface area (TPSA) is 95.4 Å². The van der Waals surface area contributed by atoms with Gasteiger partial charge in [-0.2, -0.15) is 0 Å². The molecule has 2 aromatic rings. The third-order valence-corrected chi connectivity index (χ3v) is 3.21. The number of para-hydroxylation sites is 1. The number of ether oxygens (including phenoxy) is 1. The summed E-state index contributed by atoms with van der Waals surface area (Å²) in [4.78, 5) is 23.4. The lowest BCUT2D eigenvalue weighted by molar-refractivity contribution is 0.0999. The van der Waals surface area contributed by atoms with Gasteiger partial charge in [-0.3, -0.25) is 9.59 Å². The summed E-state index contributed by atoms with van der Waals surface area (Å²) in [5, 5.41) is 0. The second-order valence-corrected chi connectivity index (χ2v) is 4.80. The highest BCUT2D eigenvalue weighted by Gasteiger charge is 2.20. The van der Waals surface area contributed by atoms with Crippen LogP contribution in [-0.4, -0.2) is 18.4 Å². The molecule has 22 heavy (non-hydrogen) atoms. The summed E-state index contributed by atoms with van der Waals surface area (Å²) in [7, 11) is 0. The minimum atomic E-state index is -0.622. The first-order valence-electron chi connectivity index (χ1n) is 7.01. The maximum atomic E-state index is 11.7. The lowest BCUT2D eigenvalue weighted by Gasteiger charge is -2.15. The van der Waals surface area contributed by atoms with Gasteiger partial charge in [0.15, 0.2) is 0 Å². The number of hydrogen-bond acceptors (Lipinski definition) is 3. The van der Waals surface area contributed by atoms with Crippen molar-refractivity contribution in [3.8, 4) is 16.9 Å². The van der Waals surface area contributed by atoms with Crippen LogP contribution in [0.4, 0.5) is 0 Å². The number of primary amides is 2. The van der Waals surface area contributed by atoms with E-state index in [-0.39, 0.29) is 11.1 Å². The van der Waals surface area contributed by atoms with E-state index in [9.17, 15) is 9.59 Å². The van der Waals surface area contributed by atoms with Gasteiger partial charge in [0, 0.05) is 22.3 Å². The van der Waals surface area contributed by atoms with Crippen LogP contribution in [0.1, 0.15) is 34.1 Å². The van der Waals surface area contributed by atoms with Crippen LogP contribution in [-0.2, 0) is 0 Å². The zero-order valence-corrected chi connectivity index (χ0v) is 12.3. The molecule has 2 amide bonds. The van der Waals surface area contributed by atoms with Gasteiger partial charge in [-0.25, -0.2) is 0 Å². The first kappa shape index (κ1) is 15.6. The second kappa shape index (κ2) is 6.76. The molecule has 114 valence electrons. The Balaban J connectivity index is 2.70. The average Bonchev–Trinajstić information content (AvgIpc) is 2.52. The predicted octanol–water partition coefficient (Wildman–Crippen LogP) is 2.34. The number of benzene rings is 2. The zero-order chi connectivity index (χ0) is 16.1. The van der Waals surface area contributed by atoms with Crippen molar-refractivity contribution in [2.24, 2.45) is 11.5 Å². The van der Waals surface area contributed by atoms with Gasteiger partial charge >= 0.3 is 0 Å². The normalized spacial score (nSPS) is 10.2. The predicted molar refractivity (Wildman–Crippen MR) is 84.7 cm³/mol. The van der Waals surface area contributed by atoms with E-state index in [0.29, 0.717) is 23.5 Å². The molecule has 0 saturated heterocycles. The van der Waals surface area contributed by atoms with E-state index < -0.39 is 11.8 Å². The van der Waals surface area contributed by atoms with Crippen molar-refractivity contribution >= 4 is 11.8 Å². The van der Waals surface area contributed by atoms with Crippen molar-refractivity contribution < 1.29 is 14.3 Å². The van der Waals surface area contributed by atoms with E-state index in [0.717, 1.165) is 6.42 Å². The Labute approximate surface area is 128 Å². The van der Waals surface area contributed by atoms with Gasteiger partial charge in [-0.15, -0.1) is 0 Å². The van der Waals surface area contributed by atoms with Crippen LogP contribution >= 0.6 is 0 Å². The Kier molecular flexibility index (Phi) is 4.78. The molecule has 0 spiro atoms. The fraction of sp³-hybridized carbons (Fsp3) is 0.176. The van der Waals surface area contributed by atoms with Crippen molar-refractivity contribution in [2.45, 2.75) is 13.3 Å². The van der Waals surface area contributed by atoms with Gasteiger partial charge in [0.25, 0.3) is 0 Å². The molecule has 5 nitrogen and oxygen atoms in total. The van der Waals surface area contributed by atoms with Crippen LogP contribution in [0.2, 0.25) is 0 Å². The average molecular weight is 298 g/mol. The molecular weight excluding hydrogens is 280 g/mol. The summed E-state index contributed by atoms with van der Waals surface area (Å²) in [6.45, 7) is 2.52. The molecule has 0 saturated carbocycles. The van der Waals surface area contributed by atoms with Gasteiger partial charge in [-0.05, 0) is 24.6 Å². The number of amides is 2. The largest absolute Gasteiger partial charge is 0.493 e. The number of carbonyl (C=O) groups excluding carboxylic acids is 2. The van der Waals surface area contributed by atoms with Gasteiger partial charge in [0.2, 0.25) is 11.8 Å². The van der Waals surface area contributed by atoms with Gasteiger partial charge < -0.3 is 16.2 Å². The molecule has 0 unspecified atom stereocenters. The van der Waals surface area contributed by atoms with E-state index >= 15 is 0 Å². The summed E-state index contributed by atoms with van der Waals surface area (Å²) in [5.41, 5.74) is 12.4. The number of hydrogen-bond donors (Lipinski definition) is 2. The van der Waals surface area contributed by atoms with Crippen molar-refractivity contribution in [3.05, 3.63) is 53.6 Å². The minimum Gasteiger partial charge on any atom is -0.493 e. The second-order valence-electron chi connectivity index (χ2n) is 4.80. The highest BCUT2D eigenvalue weighted by atomic mass is 16.5. The maximum absolute atomic E-state index is 11.7. The number of rotatable bonds is 6. The lowest BCUT2D eigenvalue weighted by Crippen LogP contribution is -2.18. The molecule has 0 heterocycles. The third-order valence-electron chi connectivity index (χ3n) is 3.21. The molecule has 0 fully saturated rings. The Morgan fingerprint density at radius 1 is 0.955 bits per heavy atom. The van der Waals surface area contributed by atoms with E-state index in [4.69, 9.17) is 16.2 Å². The fourth-order valence-electron chi connectivity index (χ4n) is 2.26. The maximum Gasteiger partial charge on any atom is 0.249 e. The van der Waals surface area contributed by atoms with E-state index in [2.05, 4.69) is 0 Å². The van der Waals surface area contributed by atoms with Crippen molar-refractivity contribution in [1.82, 2.24) is 0 Å². The Bertz CT molecular complexity index is 679. The molecule has 0 aliphatic rings. The van der Waals surface area contributed by atoms with E-state index in [1.54, 1.807) is 36.4 Å². The van der Waals surface area contributed by atoms with Gasteiger partial charge in [0.1, 0.15) is 5.75 Å². The first-order valence-corrected chi connectivity index (χ1v) is 7.01. The SMILES string of the molecule is CCCOc1ccccc1-c1c(C(N)=O)cccc1C(N)=O. The molecule has 2 aromatic carbocycles. The van der Waals surface area contributed by atoms with Gasteiger partial charge in [-0.1, -0.05) is 31.2 Å². The fourth-order valence-corrected chi connectivity index (χ4v) is 2.26. The lowest BCUT2D eigenvalue weighted by atomic mass is 9.93. The molecule has 2 rings (SSSR count). The van der Waals surface area contributed by atoms with Crippen LogP contribution in [0, 0.1) is 0 Å². The van der Waals surface area contributed by atoms with E-state index in [1.165, 1.54) is 0 Å². The summed E-state index contributed by atoms with van der Waals surface area (Å²) >= 11 is 0. The van der Waals surface area contributed by atoms with Crippen LogP contribution in [0.25, 0.3) is 11.1 Å². The van der Waals surface area contributed by atoms with Crippen molar-refractivity contribution in [3.63, 3.8) is 0 Å². The molecular formula is C17H18N2O3. The molecule has 0 aliphatic carbocycles. The minimum absolute atomic E-state index is 0.240. The summed E-state index contributed by atoms with van der Waals surface area (Å²) in [5.74, 6) is -0.660. The first-order chi connectivity index (χ1) is 10.6. The number of carbonyl (C=O) groups is 2. The summed E-state index contributed by atoms with van der Waals surface area (Å²) in [6.07, 6.45) is 0.842. The molecule has 0 aliphatic heterocycles. The summed E-state index contributed by atoms with van der Waals surface area (Å²) < 4.78 is 5.71. The molecule has 0 bridgehead atoms. The standard InChI is InChI=1S/C17H18N2O3/c1-2-10-22-14-9-4-3-6-11(14)15-12(16(18)20)7-5-8-13(15)17(19)21/h3-9H,2,10H2,1H3,(H2,18,20)(H2,19,21). The molecule has 4 N–H and O–H groups in total. The molecule has 0 atom stereocenters. The molecule has 0 aromatic heterocycles. The van der Waals surface area contributed by atoms with Crippen molar-refractivity contribution in [1.29, 1.82) is 0 Å². The van der Waals surface area contributed by atoms with E-state index in [1.807, 2.05) is 13.0 Å². The zero-order valence-electron chi connectivity index (χ0n) is 12.3. The van der Waals surface area contributed by atoms with Crippen molar-refractivity contribution in [2.75, 3.05) is 6.61 Å². The molecule has 0 radical (unpaired) electrons. The highest BCUT2D eigenvalue weighted by Crippen LogP contribution is 2.35. The van der Waals surface area contributed by atoms with Crippen LogP contribution < -0.4 is 16.2 Å². The van der Waals surface area contributed by atoms with Crippen LogP contribution in [0.3, 0.4) is 0 Å². The Morgan fingerprint density at radius 3 is 2.09 bits per heavy atom. The van der Waals surface area contributed by atoms with Crippen LogP contribution in [0.15, 0.2) is 42.5 Å². The molecule has 5 heteroatoms. The highest BCUT2D eigenvalue weighted by molar-refractivity contribution is 6.08. The Morgan fingerprint density at radius 2 is 1.55 bits per heavy atom. The quantitative estimate of drug-likeness (QED) is 0.856.